The van der Waals surface area contributed by atoms with Gasteiger partial charge in [0.2, 0.25) is 5.91 Å². The van der Waals surface area contributed by atoms with E-state index in [2.05, 4.69) is 10.3 Å². The molecule has 0 spiro atoms. The first-order valence-electron chi connectivity index (χ1n) is 7.63. The van der Waals surface area contributed by atoms with E-state index in [4.69, 9.17) is 11.6 Å². The molecule has 0 aliphatic rings. The van der Waals surface area contributed by atoms with Crippen molar-refractivity contribution < 1.29 is 4.79 Å². The van der Waals surface area contributed by atoms with Gasteiger partial charge in [-0.15, -0.1) is 0 Å². The number of amides is 1. The van der Waals surface area contributed by atoms with Crippen LogP contribution in [0.5, 0.6) is 0 Å². The van der Waals surface area contributed by atoms with Crippen LogP contribution in [0.4, 0.5) is 5.82 Å². The van der Waals surface area contributed by atoms with E-state index in [1.54, 1.807) is 0 Å². The molecule has 4 nitrogen and oxygen atoms in total. The van der Waals surface area contributed by atoms with E-state index < -0.39 is 0 Å². The number of nitrogens with zero attached hydrogens (tertiary/aromatic N) is 2. The van der Waals surface area contributed by atoms with Crippen LogP contribution in [0.3, 0.4) is 0 Å². The second-order valence-electron chi connectivity index (χ2n) is 5.55. The third kappa shape index (κ3) is 3.22. The molecular weight excluding hydrogens is 310 g/mol. The number of anilines is 1. The standard InChI is InChI=1S/C18H18ClN3O/c1-3-5-16(23)21-18-17(13-6-4-7-14(19)10-13)20-15-9-8-12(2)11-22(15)18/h4,6-11H,3,5H2,1-2H3,(H,21,23). The highest BCUT2D eigenvalue weighted by atomic mass is 35.5. The van der Waals surface area contributed by atoms with Gasteiger partial charge in [-0.05, 0) is 37.1 Å². The molecule has 0 aliphatic carbocycles. The highest BCUT2D eigenvalue weighted by molar-refractivity contribution is 6.30. The number of hydrogen-bond donors (Lipinski definition) is 1. The smallest absolute Gasteiger partial charge is 0.225 e. The highest BCUT2D eigenvalue weighted by Gasteiger charge is 2.16. The van der Waals surface area contributed by atoms with Crippen molar-refractivity contribution >= 4 is 29.0 Å². The summed E-state index contributed by atoms with van der Waals surface area (Å²) < 4.78 is 1.92. The molecule has 0 saturated carbocycles. The van der Waals surface area contributed by atoms with E-state index in [0.29, 0.717) is 17.3 Å². The summed E-state index contributed by atoms with van der Waals surface area (Å²) in [5.41, 5.74) is 3.49. The summed E-state index contributed by atoms with van der Waals surface area (Å²) in [5, 5.41) is 3.64. The minimum Gasteiger partial charge on any atom is -0.310 e. The second-order valence-corrected chi connectivity index (χ2v) is 5.99. The van der Waals surface area contributed by atoms with Crippen LogP contribution in [0.1, 0.15) is 25.3 Å². The molecule has 0 saturated heterocycles. The van der Waals surface area contributed by atoms with Gasteiger partial charge in [0.15, 0.2) is 0 Å². The lowest BCUT2D eigenvalue weighted by Crippen LogP contribution is -2.13. The number of carbonyl (C=O) groups excluding carboxylic acids is 1. The molecule has 3 rings (SSSR count). The van der Waals surface area contributed by atoms with Crippen LogP contribution in [0.15, 0.2) is 42.6 Å². The van der Waals surface area contributed by atoms with Crippen LogP contribution in [0, 0.1) is 6.92 Å². The maximum Gasteiger partial charge on any atom is 0.225 e. The molecule has 23 heavy (non-hydrogen) atoms. The first-order chi connectivity index (χ1) is 11.1. The van der Waals surface area contributed by atoms with Crippen LogP contribution in [-0.4, -0.2) is 15.3 Å². The molecule has 118 valence electrons. The molecule has 1 amide bonds. The van der Waals surface area contributed by atoms with Gasteiger partial charge in [-0.25, -0.2) is 4.98 Å². The largest absolute Gasteiger partial charge is 0.310 e. The molecular formula is C18H18ClN3O. The summed E-state index contributed by atoms with van der Waals surface area (Å²) in [6.07, 6.45) is 3.25. The first kappa shape index (κ1) is 15.6. The second kappa shape index (κ2) is 6.42. The van der Waals surface area contributed by atoms with Crippen molar-refractivity contribution in [3.8, 4) is 11.3 Å². The molecule has 0 fully saturated rings. The van der Waals surface area contributed by atoms with Gasteiger partial charge in [-0.1, -0.05) is 36.7 Å². The number of nitrogens with one attached hydrogen (secondary N) is 1. The zero-order chi connectivity index (χ0) is 16.4. The zero-order valence-electron chi connectivity index (χ0n) is 13.1. The van der Waals surface area contributed by atoms with Crippen molar-refractivity contribution in [3.05, 3.63) is 53.2 Å². The average Bonchev–Trinajstić information content (AvgIpc) is 2.86. The predicted octanol–water partition coefficient (Wildman–Crippen LogP) is 4.70. The van der Waals surface area contributed by atoms with Gasteiger partial charge >= 0.3 is 0 Å². The van der Waals surface area contributed by atoms with Crippen molar-refractivity contribution in [1.82, 2.24) is 9.38 Å². The van der Waals surface area contributed by atoms with Crippen molar-refractivity contribution in [1.29, 1.82) is 0 Å². The van der Waals surface area contributed by atoms with E-state index in [1.807, 2.05) is 60.8 Å². The van der Waals surface area contributed by atoms with Crippen molar-refractivity contribution in [2.45, 2.75) is 26.7 Å². The van der Waals surface area contributed by atoms with Crippen LogP contribution < -0.4 is 5.32 Å². The highest BCUT2D eigenvalue weighted by Crippen LogP contribution is 2.30. The molecule has 5 heteroatoms. The number of aromatic nitrogens is 2. The maximum absolute atomic E-state index is 12.1. The van der Waals surface area contributed by atoms with Gasteiger partial charge < -0.3 is 5.32 Å². The van der Waals surface area contributed by atoms with Crippen LogP contribution in [0.2, 0.25) is 5.02 Å². The summed E-state index contributed by atoms with van der Waals surface area (Å²) in [6.45, 7) is 3.99. The molecule has 3 aromatic rings. The molecule has 0 atom stereocenters. The van der Waals surface area contributed by atoms with Crippen molar-refractivity contribution in [3.63, 3.8) is 0 Å². The monoisotopic (exact) mass is 327 g/mol. The Morgan fingerprint density at radius 3 is 2.87 bits per heavy atom. The van der Waals surface area contributed by atoms with Crippen LogP contribution in [0.25, 0.3) is 16.9 Å². The van der Waals surface area contributed by atoms with E-state index in [1.165, 1.54) is 0 Å². The molecule has 2 heterocycles. The minimum absolute atomic E-state index is 0.0147. The average molecular weight is 328 g/mol. The van der Waals surface area contributed by atoms with Gasteiger partial charge in [0.25, 0.3) is 0 Å². The minimum atomic E-state index is -0.0147. The quantitative estimate of drug-likeness (QED) is 0.754. The maximum atomic E-state index is 12.1. The summed E-state index contributed by atoms with van der Waals surface area (Å²) in [4.78, 5) is 16.8. The lowest BCUT2D eigenvalue weighted by Gasteiger charge is -2.08. The van der Waals surface area contributed by atoms with Crippen molar-refractivity contribution in [2.75, 3.05) is 5.32 Å². The van der Waals surface area contributed by atoms with E-state index >= 15 is 0 Å². The number of rotatable bonds is 4. The zero-order valence-corrected chi connectivity index (χ0v) is 13.9. The van der Waals surface area contributed by atoms with E-state index in [0.717, 1.165) is 28.9 Å². The Hall–Kier alpha value is -2.33. The third-order valence-electron chi connectivity index (χ3n) is 3.60. The summed E-state index contributed by atoms with van der Waals surface area (Å²) in [6, 6.07) is 11.4. The van der Waals surface area contributed by atoms with Crippen molar-refractivity contribution in [2.24, 2.45) is 0 Å². The summed E-state index contributed by atoms with van der Waals surface area (Å²) in [5.74, 6) is 0.670. The fraction of sp³-hybridized carbons (Fsp3) is 0.222. The lowest BCUT2D eigenvalue weighted by atomic mass is 10.1. The molecule has 2 aromatic heterocycles. The van der Waals surface area contributed by atoms with Gasteiger partial charge in [-0.3, -0.25) is 9.20 Å². The SMILES string of the molecule is CCCC(=O)Nc1c(-c2cccc(Cl)c2)nc2ccc(C)cn12. The number of benzene rings is 1. The number of carbonyl (C=O) groups is 1. The Morgan fingerprint density at radius 2 is 2.13 bits per heavy atom. The van der Waals surface area contributed by atoms with Crippen LogP contribution >= 0.6 is 11.6 Å². The Labute approximate surface area is 140 Å². The Kier molecular flexibility index (Phi) is 4.35. The molecule has 0 bridgehead atoms. The molecule has 0 aliphatic heterocycles. The van der Waals surface area contributed by atoms with Gasteiger partial charge in [0.1, 0.15) is 17.2 Å². The Morgan fingerprint density at radius 1 is 1.30 bits per heavy atom. The number of halogens is 1. The first-order valence-corrected chi connectivity index (χ1v) is 8.01. The molecule has 0 radical (unpaired) electrons. The van der Waals surface area contributed by atoms with E-state index in [-0.39, 0.29) is 5.91 Å². The van der Waals surface area contributed by atoms with Gasteiger partial charge in [-0.2, -0.15) is 0 Å². The molecule has 1 aromatic carbocycles. The Bertz CT molecular complexity index is 870. The third-order valence-corrected chi connectivity index (χ3v) is 3.83. The lowest BCUT2D eigenvalue weighted by molar-refractivity contribution is -0.116. The van der Waals surface area contributed by atoms with E-state index in [9.17, 15) is 4.79 Å². The number of fused-ring (bicyclic) bond motifs is 1. The summed E-state index contributed by atoms with van der Waals surface area (Å²) in [7, 11) is 0. The number of aryl methyl sites for hydroxylation is 1. The van der Waals surface area contributed by atoms with Crippen LogP contribution in [-0.2, 0) is 4.79 Å². The summed E-state index contributed by atoms with van der Waals surface area (Å²) >= 11 is 6.10. The number of imidazole rings is 1. The fourth-order valence-electron chi connectivity index (χ4n) is 2.53. The fourth-order valence-corrected chi connectivity index (χ4v) is 2.72. The van der Waals surface area contributed by atoms with Gasteiger partial charge in [0, 0.05) is 23.2 Å². The molecule has 0 unspecified atom stereocenters. The Balaban J connectivity index is 2.17. The number of pyridine rings is 1. The van der Waals surface area contributed by atoms with Gasteiger partial charge in [0.05, 0.1) is 0 Å². The topological polar surface area (TPSA) is 46.4 Å². The predicted molar refractivity (Wildman–Crippen MR) is 93.9 cm³/mol. The number of hydrogen-bond acceptors (Lipinski definition) is 2. The molecule has 1 N–H and O–H groups in total. The normalized spacial score (nSPS) is 10.9.